The van der Waals surface area contributed by atoms with Crippen molar-refractivity contribution in [2.75, 3.05) is 9.80 Å². The van der Waals surface area contributed by atoms with Gasteiger partial charge in [0.2, 0.25) is 0 Å². The molecule has 0 saturated heterocycles. The molecule has 0 bridgehead atoms. The zero-order valence-electron chi connectivity index (χ0n) is 40.5. The fraction of sp³-hybridized carbons (Fsp3) is 0. The molecule has 0 aliphatic rings. The molecule has 0 N–H and O–H groups in total. The van der Waals surface area contributed by atoms with E-state index in [1.54, 1.807) is 0 Å². The van der Waals surface area contributed by atoms with Gasteiger partial charge in [0.1, 0.15) is 0 Å². The molecule has 0 aliphatic heterocycles. The summed E-state index contributed by atoms with van der Waals surface area (Å²) < 4.78 is 4.77. The van der Waals surface area contributed by atoms with Gasteiger partial charge in [0.15, 0.2) is 0 Å². The van der Waals surface area contributed by atoms with Crippen molar-refractivity contribution in [2.45, 2.75) is 0 Å². The van der Waals surface area contributed by atoms with E-state index in [1.165, 1.54) is 49.0 Å². The first-order chi connectivity index (χ1) is 36.7. The van der Waals surface area contributed by atoms with Gasteiger partial charge in [0.05, 0.1) is 27.8 Å². The number of hydrogen-bond donors (Lipinski definition) is 0. The Kier molecular flexibility index (Phi) is 10.5. The van der Waals surface area contributed by atoms with Crippen LogP contribution in [0.15, 0.2) is 291 Å². The molecular weight excluding hydrogens is 897 g/mol. The van der Waals surface area contributed by atoms with E-state index in [1.807, 2.05) is 0 Å². The molecule has 0 atom stereocenters. The summed E-state index contributed by atoms with van der Waals surface area (Å²) >= 11 is 0. The molecule has 0 fully saturated rings. The van der Waals surface area contributed by atoms with Crippen LogP contribution in [0.25, 0.3) is 88.0 Å². The quantitative estimate of drug-likeness (QED) is 0.136. The minimum Gasteiger partial charge on any atom is -0.310 e. The summed E-state index contributed by atoms with van der Waals surface area (Å²) in [4.78, 5) is 4.82. The summed E-state index contributed by atoms with van der Waals surface area (Å²) in [7, 11) is 0. The van der Waals surface area contributed by atoms with Crippen molar-refractivity contribution in [1.29, 1.82) is 0 Å². The Balaban J connectivity index is 0.974. The van der Waals surface area contributed by atoms with Crippen LogP contribution in [-0.2, 0) is 0 Å². The van der Waals surface area contributed by atoms with E-state index in [4.69, 9.17) is 0 Å². The fourth-order valence-corrected chi connectivity index (χ4v) is 11.3. The van der Waals surface area contributed by atoms with Crippen molar-refractivity contribution in [3.63, 3.8) is 0 Å². The zero-order chi connectivity index (χ0) is 49.0. The van der Waals surface area contributed by atoms with Gasteiger partial charge in [-0.1, -0.05) is 170 Å². The third-order valence-corrected chi connectivity index (χ3v) is 14.6. The average Bonchev–Trinajstić information content (AvgIpc) is 4.00. The number of anilines is 6. The van der Waals surface area contributed by atoms with Gasteiger partial charge in [0, 0.05) is 66.9 Å². The molecule has 0 unspecified atom stereocenters. The molecule has 348 valence electrons. The van der Waals surface area contributed by atoms with Crippen molar-refractivity contribution in [1.82, 2.24) is 9.13 Å². The van der Waals surface area contributed by atoms with Gasteiger partial charge >= 0.3 is 0 Å². The molecule has 0 saturated carbocycles. The molecule has 0 aliphatic carbocycles. The molecule has 0 amide bonds. The van der Waals surface area contributed by atoms with Crippen LogP contribution in [0.5, 0.6) is 0 Å². The molecule has 2 aromatic heterocycles. The Morgan fingerprint density at radius 2 is 0.581 bits per heavy atom. The highest BCUT2D eigenvalue weighted by Crippen LogP contribution is 2.48. The SMILES string of the molecule is c1ccc(-c2cc3c(-c4ccccc4)cc(N(c4ccccc4)c4ccc(-n5c6ccccc6c6ccccc65)cc4)cc3cc2N(c2ccccc2)c2ccc(-n3c4ccccc4c4ccccc43)cc2)cc1. The van der Waals surface area contributed by atoms with E-state index in [0.717, 1.165) is 73.1 Å². The van der Waals surface area contributed by atoms with Gasteiger partial charge in [-0.3, -0.25) is 0 Å². The highest BCUT2D eigenvalue weighted by atomic mass is 15.2. The van der Waals surface area contributed by atoms with E-state index < -0.39 is 0 Å². The summed E-state index contributed by atoms with van der Waals surface area (Å²) in [6, 6.07) is 106. The number of fused-ring (bicyclic) bond motifs is 7. The monoisotopic (exact) mass is 944 g/mol. The molecule has 14 rings (SSSR count). The lowest BCUT2D eigenvalue weighted by atomic mass is 9.92. The van der Waals surface area contributed by atoms with E-state index in [-0.39, 0.29) is 0 Å². The maximum Gasteiger partial charge on any atom is 0.0546 e. The number of nitrogens with zero attached hydrogens (tertiary/aromatic N) is 4. The van der Waals surface area contributed by atoms with Crippen molar-refractivity contribution in [3.05, 3.63) is 291 Å². The van der Waals surface area contributed by atoms with Crippen LogP contribution in [0, 0.1) is 0 Å². The Morgan fingerprint density at radius 3 is 1.03 bits per heavy atom. The molecular formula is C70H48N4. The minimum absolute atomic E-state index is 1.06. The zero-order valence-corrected chi connectivity index (χ0v) is 40.5. The standard InChI is InChI=1S/C70H48N4/c1-5-21-49(22-6-1)63-47-58(71(52-25-9-3-10-26-52)54-37-41-56(42-38-54)73-66-33-17-13-29-59(66)60-30-14-18-34-67(60)73)45-51-46-70(65(48-64(51)63)50-23-7-2-8-24-50)72(53-27-11-4-12-28-53)55-39-43-57(44-40-55)74-68-35-19-15-31-61(68)62-32-16-20-36-69(62)74/h1-48H. The van der Waals surface area contributed by atoms with Gasteiger partial charge in [0.25, 0.3) is 0 Å². The van der Waals surface area contributed by atoms with E-state index >= 15 is 0 Å². The number of benzene rings is 12. The van der Waals surface area contributed by atoms with E-state index in [2.05, 4.69) is 310 Å². The molecule has 74 heavy (non-hydrogen) atoms. The van der Waals surface area contributed by atoms with Gasteiger partial charge in [-0.2, -0.15) is 0 Å². The molecule has 12 aromatic carbocycles. The second-order valence-electron chi connectivity index (χ2n) is 18.9. The van der Waals surface area contributed by atoms with Crippen molar-refractivity contribution in [2.24, 2.45) is 0 Å². The lowest BCUT2D eigenvalue weighted by molar-refractivity contribution is 1.17. The Labute approximate surface area is 430 Å². The number of para-hydroxylation sites is 6. The lowest BCUT2D eigenvalue weighted by Crippen LogP contribution is -2.12. The summed E-state index contributed by atoms with van der Waals surface area (Å²) in [5.74, 6) is 0. The van der Waals surface area contributed by atoms with E-state index in [9.17, 15) is 0 Å². The van der Waals surface area contributed by atoms with Gasteiger partial charge in [-0.15, -0.1) is 0 Å². The van der Waals surface area contributed by atoms with Crippen LogP contribution in [0.2, 0.25) is 0 Å². The summed E-state index contributed by atoms with van der Waals surface area (Å²) in [6.07, 6.45) is 0. The Morgan fingerprint density at radius 1 is 0.230 bits per heavy atom. The number of rotatable bonds is 10. The summed E-state index contributed by atoms with van der Waals surface area (Å²) in [5, 5.41) is 7.30. The molecule has 4 heteroatoms. The second-order valence-corrected chi connectivity index (χ2v) is 18.9. The van der Waals surface area contributed by atoms with Crippen LogP contribution in [0.3, 0.4) is 0 Å². The smallest absolute Gasteiger partial charge is 0.0546 e. The number of hydrogen-bond acceptors (Lipinski definition) is 2. The van der Waals surface area contributed by atoms with Crippen LogP contribution in [0.1, 0.15) is 0 Å². The van der Waals surface area contributed by atoms with Crippen molar-refractivity contribution >= 4 is 88.5 Å². The predicted octanol–water partition coefficient (Wildman–Crippen LogP) is 19.3. The van der Waals surface area contributed by atoms with E-state index in [0.29, 0.717) is 0 Å². The van der Waals surface area contributed by atoms with Gasteiger partial charge in [-0.05, 0) is 149 Å². The van der Waals surface area contributed by atoms with Crippen LogP contribution in [0.4, 0.5) is 34.1 Å². The lowest BCUT2D eigenvalue weighted by Gasteiger charge is -2.30. The third kappa shape index (κ3) is 7.31. The van der Waals surface area contributed by atoms with Crippen LogP contribution < -0.4 is 9.80 Å². The molecule has 0 radical (unpaired) electrons. The fourth-order valence-electron chi connectivity index (χ4n) is 11.3. The summed E-state index contributed by atoms with van der Waals surface area (Å²) in [6.45, 7) is 0. The topological polar surface area (TPSA) is 16.3 Å². The van der Waals surface area contributed by atoms with Crippen LogP contribution in [-0.4, -0.2) is 9.13 Å². The molecule has 14 aromatic rings. The third-order valence-electron chi connectivity index (χ3n) is 14.6. The largest absolute Gasteiger partial charge is 0.310 e. The highest BCUT2D eigenvalue weighted by Gasteiger charge is 2.23. The highest BCUT2D eigenvalue weighted by molar-refractivity contribution is 6.11. The molecule has 0 spiro atoms. The second kappa shape index (κ2) is 18.1. The van der Waals surface area contributed by atoms with Crippen LogP contribution >= 0.6 is 0 Å². The predicted molar refractivity (Wildman–Crippen MR) is 313 cm³/mol. The first-order valence-electron chi connectivity index (χ1n) is 25.3. The number of aromatic nitrogens is 2. The molecule has 4 nitrogen and oxygen atoms in total. The van der Waals surface area contributed by atoms with Crippen molar-refractivity contribution in [3.8, 4) is 33.6 Å². The summed E-state index contributed by atoms with van der Waals surface area (Å²) in [5.41, 5.74) is 18.0. The first kappa shape index (κ1) is 42.9. The Hall–Kier alpha value is -9.90. The van der Waals surface area contributed by atoms with Crippen molar-refractivity contribution < 1.29 is 0 Å². The van der Waals surface area contributed by atoms with Gasteiger partial charge < -0.3 is 18.9 Å². The maximum absolute atomic E-state index is 2.43. The average molecular weight is 945 g/mol. The maximum atomic E-state index is 2.43. The normalized spacial score (nSPS) is 11.5. The Bertz CT molecular complexity index is 4230. The first-order valence-corrected chi connectivity index (χ1v) is 25.3. The van der Waals surface area contributed by atoms with Gasteiger partial charge in [-0.25, -0.2) is 0 Å². The molecule has 2 heterocycles. The minimum atomic E-state index is 1.06.